The van der Waals surface area contributed by atoms with Crippen LogP contribution in [0.1, 0.15) is 28.9 Å². The molecular formula is C21H25N3OS. The Kier molecular flexibility index (Phi) is 5.27. The molecule has 0 saturated carbocycles. The lowest BCUT2D eigenvalue weighted by molar-refractivity contribution is 0.0735. The number of thioether (sulfide) groups is 1. The van der Waals surface area contributed by atoms with Crippen LogP contribution in [0.15, 0.2) is 53.6 Å². The highest BCUT2D eigenvalue weighted by Gasteiger charge is 2.36. The molecule has 0 spiro atoms. The van der Waals surface area contributed by atoms with E-state index in [9.17, 15) is 4.79 Å². The second-order valence-electron chi connectivity index (χ2n) is 7.29. The minimum Gasteiger partial charge on any atom is -0.337 e. The van der Waals surface area contributed by atoms with Gasteiger partial charge in [0, 0.05) is 48.9 Å². The van der Waals surface area contributed by atoms with Gasteiger partial charge in [-0.05, 0) is 61.4 Å². The third kappa shape index (κ3) is 3.79. The Morgan fingerprint density at radius 1 is 1.12 bits per heavy atom. The molecule has 3 saturated heterocycles. The predicted molar refractivity (Wildman–Crippen MR) is 105 cm³/mol. The highest BCUT2D eigenvalue weighted by atomic mass is 32.2. The summed E-state index contributed by atoms with van der Waals surface area (Å²) < 4.78 is 0. The Balaban J connectivity index is 1.47. The van der Waals surface area contributed by atoms with Crippen LogP contribution >= 0.6 is 11.8 Å². The lowest BCUT2D eigenvalue weighted by Crippen LogP contribution is -2.44. The fourth-order valence-corrected chi connectivity index (χ4v) is 4.56. The van der Waals surface area contributed by atoms with E-state index in [1.54, 1.807) is 11.8 Å². The normalized spacial score (nSPS) is 23.0. The van der Waals surface area contributed by atoms with Crippen molar-refractivity contribution in [2.24, 2.45) is 5.92 Å². The third-order valence-corrected chi connectivity index (χ3v) is 6.29. The molecular weight excluding hydrogens is 342 g/mol. The molecule has 2 atom stereocenters. The van der Waals surface area contributed by atoms with Crippen LogP contribution in [-0.4, -0.2) is 52.6 Å². The second-order valence-corrected chi connectivity index (χ2v) is 8.17. The molecule has 5 heteroatoms. The molecule has 4 nitrogen and oxygen atoms in total. The molecule has 0 aliphatic carbocycles. The summed E-state index contributed by atoms with van der Waals surface area (Å²) >= 11 is 1.70. The summed E-state index contributed by atoms with van der Waals surface area (Å²) in [6, 6.07) is 14.5. The van der Waals surface area contributed by atoms with Crippen molar-refractivity contribution in [1.82, 2.24) is 14.8 Å². The van der Waals surface area contributed by atoms with Gasteiger partial charge in [-0.25, -0.2) is 0 Å². The van der Waals surface area contributed by atoms with E-state index in [0.717, 1.165) is 37.4 Å². The van der Waals surface area contributed by atoms with Crippen LogP contribution in [0.2, 0.25) is 0 Å². The number of amides is 1. The molecule has 5 rings (SSSR count). The average molecular weight is 368 g/mol. The van der Waals surface area contributed by atoms with Crippen LogP contribution in [0.4, 0.5) is 0 Å². The number of piperidine rings is 1. The summed E-state index contributed by atoms with van der Waals surface area (Å²) in [5.74, 6) is 0.737. The molecule has 1 aromatic heterocycles. The molecule has 26 heavy (non-hydrogen) atoms. The van der Waals surface area contributed by atoms with E-state index in [4.69, 9.17) is 0 Å². The van der Waals surface area contributed by atoms with E-state index in [1.165, 1.54) is 17.7 Å². The Labute approximate surface area is 159 Å². The summed E-state index contributed by atoms with van der Waals surface area (Å²) in [5, 5.41) is 0. The first-order valence-electron chi connectivity index (χ1n) is 9.30. The van der Waals surface area contributed by atoms with Crippen molar-refractivity contribution >= 4 is 17.7 Å². The molecule has 1 aromatic carbocycles. The van der Waals surface area contributed by atoms with E-state index in [0.29, 0.717) is 12.0 Å². The molecule has 0 radical (unpaired) electrons. The first-order valence-corrected chi connectivity index (χ1v) is 10.5. The monoisotopic (exact) mass is 367 g/mol. The molecule has 2 aromatic rings. The van der Waals surface area contributed by atoms with Crippen molar-refractivity contribution in [3.63, 3.8) is 0 Å². The fraction of sp³-hybridized carbons (Fsp3) is 0.429. The lowest BCUT2D eigenvalue weighted by Gasteiger charge is -2.35. The maximum atomic E-state index is 13.0. The van der Waals surface area contributed by atoms with Gasteiger partial charge in [-0.15, -0.1) is 11.8 Å². The van der Waals surface area contributed by atoms with Gasteiger partial charge in [-0.1, -0.05) is 6.07 Å². The number of benzene rings is 1. The van der Waals surface area contributed by atoms with Crippen molar-refractivity contribution in [2.45, 2.75) is 30.3 Å². The zero-order valence-electron chi connectivity index (χ0n) is 15.2. The zero-order chi connectivity index (χ0) is 17.9. The molecule has 4 heterocycles. The average Bonchev–Trinajstić information content (AvgIpc) is 3.00. The van der Waals surface area contributed by atoms with Crippen molar-refractivity contribution in [3.8, 4) is 0 Å². The van der Waals surface area contributed by atoms with Gasteiger partial charge in [0.15, 0.2) is 0 Å². The smallest absolute Gasteiger partial charge is 0.253 e. The van der Waals surface area contributed by atoms with Crippen LogP contribution < -0.4 is 0 Å². The minimum atomic E-state index is 0.175. The number of hydrogen-bond acceptors (Lipinski definition) is 4. The molecule has 0 unspecified atom stereocenters. The highest BCUT2D eigenvalue weighted by molar-refractivity contribution is 7.98. The van der Waals surface area contributed by atoms with E-state index in [-0.39, 0.29) is 5.91 Å². The number of fused-ring (bicyclic) bond motifs is 4. The topological polar surface area (TPSA) is 36.4 Å². The summed E-state index contributed by atoms with van der Waals surface area (Å²) in [6.45, 7) is 3.65. The number of nitrogens with zero attached hydrogens (tertiary/aromatic N) is 3. The van der Waals surface area contributed by atoms with E-state index in [1.807, 2.05) is 42.6 Å². The first kappa shape index (κ1) is 17.6. The maximum Gasteiger partial charge on any atom is 0.253 e. The van der Waals surface area contributed by atoms with Gasteiger partial charge in [-0.3, -0.25) is 14.7 Å². The SMILES string of the molecule is CSc1ccc(C(=O)N2C[C@@H]3CC[C@H](C2)N(Cc2ccccn2)C3)cc1. The highest BCUT2D eigenvalue weighted by Crippen LogP contribution is 2.30. The van der Waals surface area contributed by atoms with Crippen LogP contribution in [0.5, 0.6) is 0 Å². The maximum absolute atomic E-state index is 13.0. The van der Waals surface area contributed by atoms with Crippen molar-refractivity contribution < 1.29 is 4.79 Å². The number of pyridine rings is 1. The summed E-state index contributed by atoms with van der Waals surface area (Å²) in [7, 11) is 0. The van der Waals surface area contributed by atoms with Crippen LogP contribution in [-0.2, 0) is 6.54 Å². The first-order chi connectivity index (χ1) is 12.7. The predicted octanol–water partition coefficient (Wildman–Crippen LogP) is 3.54. The van der Waals surface area contributed by atoms with Crippen LogP contribution in [0.3, 0.4) is 0 Å². The Morgan fingerprint density at radius 2 is 1.96 bits per heavy atom. The van der Waals surface area contributed by atoms with Gasteiger partial charge in [0.05, 0.1) is 5.69 Å². The van der Waals surface area contributed by atoms with Gasteiger partial charge >= 0.3 is 0 Å². The molecule has 136 valence electrons. The second kappa shape index (κ2) is 7.80. The van der Waals surface area contributed by atoms with E-state index >= 15 is 0 Å². The van der Waals surface area contributed by atoms with Gasteiger partial charge < -0.3 is 4.90 Å². The molecule has 3 aliphatic heterocycles. The fourth-order valence-electron chi connectivity index (χ4n) is 4.15. The number of carbonyl (C=O) groups excluding carboxylic acids is 1. The Morgan fingerprint density at radius 3 is 2.69 bits per heavy atom. The molecule has 0 N–H and O–H groups in total. The lowest BCUT2D eigenvalue weighted by atomic mass is 9.95. The van der Waals surface area contributed by atoms with Gasteiger partial charge in [-0.2, -0.15) is 0 Å². The van der Waals surface area contributed by atoms with Gasteiger partial charge in [0.1, 0.15) is 0 Å². The summed E-state index contributed by atoms with van der Waals surface area (Å²) in [6.07, 6.45) is 6.31. The molecule has 3 fully saturated rings. The van der Waals surface area contributed by atoms with Crippen LogP contribution in [0.25, 0.3) is 0 Å². The molecule has 2 bridgehead atoms. The third-order valence-electron chi connectivity index (χ3n) is 5.54. The molecule has 1 amide bonds. The summed E-state index contributed by atoms with van der Waals surface area (Å²) in [4.78, 5) is 23.3. The van der Waals surface area contributed by atoms with Gasteiger partial charge in [0.25, 0.3) is 5.91 Å². The number of carbonyl (C=O) groups is 1. The number of aromatic nitrogens is 1. The van der Waals surface area contributed by atoms with Crippen molar-refractivity contribution in [3.05, 3.63) is 59.9 Å². The van der Waals surface area contributed by atoms with Crippen molar-refractivity contribution in [1.29, 1.82) is 0 Å². The Hall–Kier alpha value is -1.85. The zero-order valence-corrected chi connectivity index (χ0v) is 16.0. The van der Waals surface area contributed by atoms with E-state index in [2.05, 4.69) is 27.1 Å². The standard InChI is InChI=1S/C21H25N3OS/c1-26-20-9-6-17(7-10-20)21(25)24-13-16-5-8-19(15-24)23(12-16)14-18-4-2-3-11-22-18/h2-4,6-7,9-11,16,19H,5,8,12-15H2,1H3/t16-,19-/m1/s1. The Bertz CT molecular complexity index is 750. The van der Waals surface area contributed by atoms with Crippen molar-refractivity contribution in [2.75, 3.05) is 25.9 Å². The van der Waals surface area contributed by atoms with E-state index < -0.39 is 0 Å². The molecule has 3 aliphatic rings. The number of rotatable bonds is 4. The number of hydrogen-bond donors (Lipinski definition) is 0. The minimum absolute atomic E-state index is 0.175. The largest absolute Gasteiger partial charge is 0.337 e. The van der Waals surface area contributed by atoms with Crippen LogP contribution in [0, 0.1) is 5.92 Å². The van der Waals surface area contributed by atoms with Gasteiger partial charge in [0.2, 0.25) is 0 Å². The quantitative estimate of drug-likeness (QED) is 0.775. The summed E-state index contributed by atoms with van der Waals surface area (Å²) in [5.41, 5.74) is 1.92.